The lowest BCUT2D eigenvalue weighted by Crippen LogP contribution is -2.40. The van der Waals surface area contributed by atoms with Crippen LogP contribution in [-0.4, -0.2) is 16.8 Å². The minimum atomic E-state index is -0.384. The van der Waals surface area contributed by atoms with Crippen LogP contribution < -0.4 is 10.6 Å². The molecule has 2 N–H and O–H groups in total. The Morgan fingerprint density at radius 1 is 1.00 bits per heavy atom. The Bertz CT molecular complexity index is 1220. The van der Waals surface area contributed by atoms with Gasteiger partial charge in [-0.05, 0) is 54.8 Å². The molecule has 0 aliphatic heterocycles. The molecule has 4 aromatic rings. The van der Waals surface area contributed by atoms with Crippen molar-refractivity contribution in [3.63, 3.8) is 0 Å². The van der Waals surface area contributed by atoms with Crippen molar-refractivity contribution in [2.45, 2.75) is 38.6 Å². The van der Waals surface area contributed by atoms with Gasteiger partial charge in [0, 0.05) is 18.7 Å². The van der Waals surface area contributed by atoms with Crippen LogP contribution in [-0.2, 0) is 17.8 Å². The molecule has 2 heterocycles. The highest BCUT2D eigenvalue weighted by Gasteiger charge is 2.41. The topological polar surface area (TPSA) is 84.2 Å². The number of hydrogen-bond acceptors (Lipinski definition) is 5. The van der Waals surface area contributed by atoms with Gasteiger partial charge < -0.3 is 15.1 Å². The number of anilines is 1. The molecule has 1 fully saturated rings. The fraction of sp³-hybridized carbons (Fsp3) is 0.269. The van der Waals surface area contributed by atoms with Crippen LogP contribution in [0.1, 0.15) is 46.8 Å². The number of aromatic nitrogens is 1. The third-order valence-corrected chi connectivity index (χ3v) is 7.32. The SMILES string of the molecule is O=C(Nc1ccc(CNC(=O)C2(Cc3nc4ccccc4s3)CCCC2)cc1)c1ccco1. The van der Waals surface area contributed by atoms with Crippen molar-refractivity contribution in [3.05, 3.63) is 83.3 Å². The minimum absolute atomic E-state index is 0.106. The number of thiazole rings is 1. The van der Waals surface area contributed by atoms with Gasteiger partial charge in [-0.2, -0.15) is 0 Å². The number of carbonyl (C=O) groups excluding carboxylic acids is 2. The van der Waals surface area contributed by atoms with E-state index in [4.69, 9.17) is 9.40 Å². The third-order valence-electron chi connectivity index (χ3n) is 6.28. The monoisotopic (exact) mass is 459 g/mol. The Balaban J connectivity index is 1.22. The summed E-state index contributed by atoms with van der Waals surface area (Å²) in [6, 6.07) is 18.9. The summed E-state index contributed by atoms with van der Waals surface area (Å²) in [5.74, 6) is 0.0786. The summed E-state index contributed by atoms with van der Waals surface area (Å²) in [5, 5.41) is 6.99. The number of carbonyl (C=O) groups is 2. The van der Waals surface area contributed by atoms with E-state index in [0.29, 0.717) is 18.7 Å². The maximum Gasteiger partial charge on any atom is 0.291 e. The lowest BCUT2D eigenvalue weighted by atomic mass is 9.82. The molecule has 0 unspecified atom stereocenters. The molecule has 5 rings (SSSR count). The highest BCUT2D eigenvalue weighted by atomic mass is 32.1. The van der Waals surface area contributed by atoms with E-state index >= 15 is 0 Å². The Hall–Kier alpha value is -3.45. The summed E-state index contributed by atoms with van der Waals surface area (Å²) in [4.78, 5) is 30.2. The average Bonchev–Trinajstić information content (AvgIpc) is 3.59. The molecule has 0 spiro atoms. The Labute approximate surface area is 196 Å². The Morgan fingerprint density at radius 3 is 2.52 bits per heavy atom. The highest BCUT2D eigenvalue weighted by molar-refractivity contribution is 7.18. The van der Waals surface area contributed by atoms with Gasteiger partial charge in [-0.15, -0.1) is 11.3 Å². The maximum atomic E-state index is 13.3. The minimum Gasteiger partial charge on any atom is -0.459 e. The molecule has 0 radical (unpaired) electrons. The van der Waals surface area contributed by atoms with E-state index in [1.54, 1.807) is 23.5 Å². The van der Waals surface area contributed by atoms with Gasteiger partial charge in [-0.3, -0.25) is 9.59 Å². The van der Waals surface area contributed by atoms with Crippen LogP contribution in [0.5, 0.6) is 0 Å². The van der Waals surface area contributed by atoms with Gasteiger partial charge in [0.1, 0.15) is 0 Å². The summed E-state index contributed by atoms with van der Waals surface area (Å²) in [5.41, 5.74) is 2.28. The van der Waals surface area contributed by atoms with Crippen molar-refractivity contribution in [3.8, 4) is 0 Å². The van der Waals surface area contributed by atoms with Gasteiger partial charge >= 0.3 is 0 Å². The van der Waals surface area contributed by atoms with Gasteiger partial charge in [-0.25, -0.2) is 4.98 Å². The summed E-state index contributed by atoms with van der Waals surface area (Å²) >= 11 is 1.69. The summed E-state index contributed by atoms with van der Waals surface area (Å²) in [6.45, 7) is 0.451. The number of para-hydroxylation sites is 1. The van der Waals surface area contributed by atoms with Gasteiger partial charge in [0.2, 0.25) is 5.91 Å². The Morgan fingerprint density at radius 2 is 1.79 bits per heavy atom. The van der Waals surface area contributed by atoms with Crippen molar-refractivity contribution in [2.24, 2.45) is 5.41 Å². The first kappa shape index (κ1) is 21.4. The van der Waals surface area contributed by atoms with E-state index in [9.17, 15) is 9.59 Å². The maximum absolute atomic E-state index is 13.3. The van der Waals surface area contributed by atoms with E-state index in [-0.39, 0.29) is 23.0 Å². The first-order chi connectivity index (χ1) is 16.1. The quantitative estimate of drug-likeness (QED) is 0.379. The van der Waals surface area contributed by atoms with Crippen LogP contribution in [0.25, 0.3) is 10.2 Å². The second kappa shape index (κ2) is 9.19. The zero-order chi connectivity index (χ0) is 22.7. The van der Waals surface area contributed by atoms with Gasteiger partial charge in [0.25, 0.3) is 5.91 Å². The summed E-state index contributed by atoms with van der Waals surface area (Å²) in [7, 11) is 0. The molecule has 168 valence electrons. The molecule has 0 atom stereocenters. The predicted octanol–water partition coefficient (Wildman–Crippen LogP) is 5.56. The predicted molar refractivity (Wildman–Crippen MR) is 129 cm³/mol. The fourth-order valence-electron chi connectivity index (χ4n) is 4.50. The lowest BCUT2D eigenvalue weighted by molar-refractivity contribution is -0.131. The van der Waals surface area contributed by atoms with Crippen LogP contribution in [0.4, 0.5) is 5.69 Å². The van der Waals surface area contributed by atoms with Crippen molar-refractivity contribution in [1.82, 2.24) is 10.3 Å². The van der Waals surface area contributed by atoms with E-state index in [2.05, 4.69) is 16.7 Å². The van der Waals surface area contributed by atoms with Crippen LogP contribution in [0, 0.1) is 5.41 Å². The summed E-state index contributed by atoms with van der Waals surface area (Å²) < 4.78 is 6.28. The largest absolute Gasteiger partial charge is 0.459 e. The van der Waals surface area contributed by atoms with Gasteiger partial charge in [0.15, 0.2) is 5.76 Å². The molecule has 2 aromatic heterocycles. The molecule has 0 saturated heterocycles. The number of nitrogens with one attached hydrogen (secondary N) is 2. The van der Waals surface area contributed by atoms with E-state index in [1.807, 2.05) is 42.5 Å². The van der Waals surface area contributed by atoms with Gasteiger partial charge in [-0.1, -0.05) is 37.1 Å². The number of furan rings is 1. The molecule has 1 aliphatic rings. The number of rotatable bonds is 7. The zero-order valence-electron chi connectivity index (χ0n) is 18.2. The van der Waals surface area contributed by atoms with Crippen molar-refractivity contribution >= 4 is 39.1 Å². The molecule has 7 heteroatoms. The number of nitrogens with zero attached hydrogens (tertiary/aromatic N) is 1. The second-order valence-corrected chi connectivity index (χ2v) is 9.67. The van der Waals surface area contributed by atoms with Gasteiger partial charge in [0.05, 0.1) is 26.9 Å². The van der Waals surface area contributed by atoms with E-state index in [1.165, 1.54) is 11.0 Å². The van der Waals surface area contributed by atoms with Crippen molar-refractivity contribution < 1.29 is 14.0 Å². The molecular weight excluding hydrogens is 434 g/mol. The van der Waals surface area contributed by atoms with E-state index < -0.39 is 0 Å². The zero-order valence-corrected chi connectivity index (χ0v) is 19.0. The molecule has 0 bridgehead atoms. The van der Waals surface area contributed by atoms with Crippen molar-refractivity contribution in [1.29, 1.82) is 0 Å². The molecule has 2 aromatic carbocycles. The van der Waals surface area contributed by atoms with Crippen LogP contribution >= 0.6 is 11.3 Å². The second-order valence-electron chi connectivity index (χ2n) is 8.55. The average molecular weight is 460 g/mol. The molecule has 1 saturated carbocycles. The van der Waals surface area contributed by atoms with Crippen molar-refractivity contribution in [2.75, 3.05) is 5.32 Å². The molecular formula is C26H25N3O3S. The number of benzene rings is 2. The fourth-order valence-corrected chi connectivity index (χ4v) is 5.61. The third kappa shape index (κ3) is 4.68. The van der Waals surface area contributed by atoms with E-state index in [0.717, 1.165) is 41.8 Å². The molecule has 6 nitrogen and oxygen atoms in total. The normalized spacial score (nSPS) is 14.9. The number of fused-ring (bicyclic) bond motifs is 1. The first-order valence-electron chi connectivity index (χ1n) is 11.2. The highest BCUT2D eigenvalue weighted by Crippen LogP contribution is 2.42. The van der Waals surface area contributed by atoms with Crippen LogP contribution in [0.3, 0.4) is 0 Å². The van der Waals surface area contributed by atoms with Crippen LogP contribution in [0.2, 0.25) is 0 Å². The molecule has 2 amide bonds. The number of hydrogen-bond donors (Lipinski definition) is 2. The number of amides is 2. The Kier molecular flexibility index (Phi) is 5.96. The first-order valence-corrected chi connectivity index (χ1v) is 12.0. The van der Waals surface area contributed by atoms with Crippen LogP contribution in [0.15, 0.2) is 71.3 Å². The standard InChI is InChI=1S/C26H25N3O3S/c30-24(21-7-5-15-32-21)28-19-11-9-18(10-12-19)17-27-25(31)26(13-3-4-14-26)16-23-29-20-6-1-2-8-22(20)33-23/h1-2,5-12,15H,3-4,13-14,16-17H2,(H,27,31)(H,28,30). The molecule has 33 heavy (non-hydrogen) atoms. The molecule has 1 aliphatic carbocycles. The lowest BCUT2D eigenvalue weighted by Gasteiger charge is -2.26. The summed E-state index contributed by atoms with van der Waals surface area (Å²) in [6.07, 6.45) is 6.09. The smallest absolute Gasteiger partial charge is 0.291 e.